The first-order chi connectivity index (χ1) is 13.1. The minimum absolute atomic E-state index is 0.231. The molecule has 150 valence electrons. The lowest BCUT2D eigenvalue weighted by atomic mass is 10.1. The van der Waals surface area contributed by atoms with Gasteiger partial charge in [-0.15, -0.1) is 0 Å². The van der Waals surface area contributed by atoms with E-state index in [4.69, 9.17) is 9.47 Å². The van der Waals surface area contributed by atoms with Gasteiger partial charge >= 0.3 is 0 Å². The molecule has 0 spiro atoms. The van der Waals surface area contributed by atoms with Crippen LogP contribution in [-0.2, 0) is 6.54 Å². The zero-order valence-corrected chi connectivity index (χ0v) is 16.9. The van der Waals surface area contributed by atoms with Crippen molar-refractivity contribution >= 4 is 10.9 Å². The van der Waals surface area contributed by atoms with Gasteiger partial charge < -0.3 is 19.1 Å². The highest BCUT2D eigenvalue weighted by molar-refractivity contribution is 5.88. The first kappa shape index (κ1) is 21.1. The summed E-state index contributed by atoms with van der Waals surface area (Å²) in [4.78, 5) is 12.7. The molecule has 0 amide bonds. The molecule has 0 aliphatic carbocycles. The number of benzene rings is 1. The van der Waals surface area contributed by atoms with Gasteiger partial charge in [-0.2, -0.15) is 0 Å². The largest absolute Gasteiger partial charge is 0.500 e. The van der Waals surface area contributed by atoms with Crippen molar-refractivity contribution in [2.75, 3.05) is 13.7 Å². The van der Waals surface area contributed by atoms with E-state index >= 15 is 0 Å². The number of fused-ring (bicyclic) bond motifs is 1. The van der Waals surface area contributed by atoms with Crippen molar-refractivity contribution in [2.24, 2.45) is 0 Å². The van der Waals surface area contributed by atoms with Crippen molar-refractivity contribution in [1.82, 2.24) is 4.57 Å². The Morgan fingerprint density at radius 3 is 2.37 bits per heavy atom. The first-order valence-corrected chi connectivity index (χ1v) is 10.2. The zero-order chi connectivity index (χ0) is 19.6. The summed E-state index contributed by atoms with van der Waals surface area (Å²) in [6.07, 6.45) is 8.84. The summed E-state index contributed by atoms with van der Waals surface area (Å²) in [6, 6.07) is 5.62. The van der Waals surface area contributed by atoms with Crippen LogP contribution < -0.4 is 15.0 Å². The van der Waals surface area contributed by atoms with Gasteiger partial charge in [0.05, 0.1) is 19.2 Å². The third kappa shape index (κ3) is 5.41. The van der Waals surface area contributed by atoms with E-state index in [1.54, 1.807) is 4.57 Å². The smallest absolute Gasteiger partial charge is 0.297 e. The second kappa shape index (κ2) is 10.9. The highest BCUT2D eigenvalue weighted by atomic mass is 16.5. The quantitative estimate of drug-likeness (QED) is 0.514. The molecule has 1 N–H and O–H groups in total. The Hall–Kier alpha value is -2.17. The fourth-order valence-electron chi connectivity index (χ4n) is 3.32. The number of hydrogen-bond acceptors (Lipinski definition) is 4. The first-order valence-electron chi connectivity index (χ1n) is 10.2. The van der Waals surface area contributed by atoms with Gasteiger partial charge in [0.1, 0.15) is 5.75 Å². The van der Waals surface area contributed by atoms with Gasteiger partial charge in [-0.05, 0) is 25.0 Å². The Kier molecular flexibility index (Phi) is 8.49. The monoisotopic (exact) mass is 375 g/mol. The number of aryl methyl sites for hydroxylation is 1. The molecule has 0 aliphatic rings. The molecule has 0 aliphatic heterocycles. The van der Waals surface area contributed by atoms with Gasteiger partial charge in [0.15, 0.2) is 5.75 Å². The van der Waals surface area contributed by atoms with Gasteiger partial charge in [-0.3, -0.25) is 4.79 Å². The average molecular weight is 376 g/mol. The fourth-order valence-corrected chi connectivity index (χ4v) is 3.32. The maximum Gasteiger partial charge on any atom is 0.297 e. The molecule has 0 fully saturated rings. The Bertz CT molecular complexity index is 782. The van der Waals surface area contributed by atoms with E-state index in [9.17, 15) is 9.90 Å². The van der Waals surface area contributed by atoms with Crippen molar-refractivity contribution in [3.05, 3.63) is 28.6 Å². The third-order valence-corrected chi connectivity index (χ3v) is 4.87. The Morgan fingerprint density at radius 2 is 1.70 bits per heavy atom. The summed E-state index contributed by atoms with van der Waals surface area (Å²) in [6.45, 7) is 5.59. The summed E-state index contributed by atoms with van der Waals surface area (Å²) in [7, 11) is 1.47. The van der Waals surface area contributed by atoms with Gasteiger partial charge in [0.25, 0.3) is 5.56 Å². The summed E-state index contributed by atoms with van der Waals surface area (Å²) < 4.78 is 12.8. The average Bonchev–Trinajstić information content (AvgIpc) is 2.68. The molecule has 0 atom stereocenters. The van der Waals surface area contributed by atoms with E-state index in [2.05, 4.69) is 13.8 Å². The Morgan fingerprint density at radius 1 is 1.00 bits per heavy atom. The molecule has 0 unspecified atom stereocenters. The van der Waals surface area contributed by atoms with Crippen LogP contribution in [0.15, 0.2) is 23.0 Å². The van der Waals surface area contributed by atoms with Crippen molar-refractivity contribution in [2.45, 2.75) is 71.8 Å². The lowest BCUT2D eigenvalue weighted by Gasteiger charge is -2.16. The van der Waals surface area contributed by atoms with Crippen molar-refractivity contribution < 1.29 is 14.6 Å². The molecular weight excluding hydrogens is 342 g/mol. The summed E-state index contributed by atoms with van der Waals surface area (Å²) in [5.41, 5.74) is 0.341. The molecule has 0 saturated carbocycles. The standard InChI is InChI=1S/C22H33NO4/c1-4-6-8-10-14-23-19-16-17(27-15-11-9-7-5-2)12-13-18(19)21(26-3)20(24)22(23)25/h12-13,16,24H,4-11,14-15H2,1-3H3. The van der Waals surface area contributed by atoms with E-state index < -0.39 is 5.56 Å². The number of aromatic nitrogens is 1. The van der Waals surface area contributed by atoms with Crippen LogP contribution in [0.2, 0.25) is 0 Å². The summed E-state index contributed by atoms with van der Waals surface area (Å²) in [5, 5.41) is 11.0. The predicted octanol–water partition coefficient (Wildman–Crippen LogP) is 5.26. The van der Waals surface area contributed by atoms with Gasteiger partial charge in [-0.25, -0.2) is 0 Å². The van der Waals surface area contributed by atoms with Crippen LogP contribution in [0.4, 0.5) is 0 Å². The Labute approximate surface area is 161 Å². The van der Waals surface area contributed by atoms with Crippen molar-refractivity contribution in [3.63, 3.8) is 0 Å². The number of methoxy groups -OCH3 is 1. The highest BCUT2D eigenvalue weighted by Crippen LogP contribution is 2.33. The highest BCUT2D eigenvalue weighted by Gasteiger charge is 2.17. The van der Waals surface area contributed by atoms with Gasteiger partial charge in [0.2, 0.25) is 5.75 Å². The lowest BCUT2D eigenvalue weighted by Crippen LogP contribution is -2.21. The normalized spacial score (nSPS) is 11.1. The SMILES string of the molecule is CCCCCCOc1ccc2c(OC)c(O)c(=O)n(CCCCCC)c2c1. The number of hydrogen-bond donors (Lipinski definition) is 1. The molecule has 1 heterocycles. The summed E-state index contributed by atoms with van der Waals surface area (Å²) >= 11 is 0. The lowest BCUT2D eigenvalue weighted by molar-refractivity contribution is 0.305. The molecule has 1 aromatic carbocycles. The van der Waals surface area contributed by atoms with Crippen LogP contribution in [0.5, 0.6) is 17.2 Å². The second-order valence-electron chi connectivity index (χ2n) is 6.99. The Balaban J connectivity index is 2.31. The maximum atomic E-state index is 12.7. The van der Waals surface area contributed by atoms with Crippen molar-refractivity contribution in [1.29, 1.82) is 0 Å². The molecule has 0 bridgehead atoms. The van der Waals surface area contributed by atoms with Crippen LogP contribution in [0.25, 0.3) is 10.9 Å². The molecule has 5 heteroatoms. The number of unbranched alkanes of at least 4 members (excludes halogenated alkanes) is 6. The molecule has 27 heavy (non-hydrogen) atoms. The van der Waals surface area contributed by atoms with Crippen LogP contribution in [0.1, 0.15) is 65.2 Å². The van der Waals surface area contributed by atoms with Crippen LogP contribution in [0, 0.1) is 0 Å². The maximum absolute atomic E-state index is 12.7. The second-order valence-corrected chi connectivity index (χ2v) is 6.99. The van der Waals surface area contributed by atoms with E-state index in [0.717, 1.165) is 55.2 Å². The molecular formula is C22H33NO4. The fraction of sp³-hybridized carbons (Fsp3) is 0.591. The number of rotatable bonds is 12. The van der Waals surface area contributed by atoms with Crippen LogP contribution in [-0.4, -0.2) is 23.4 Å². The minimum Gasteiger partial charge on any atom is -0.500 e. The van der Waals surface area contributed by atoms with E-state index in [1.807, 2.05) is 18.2 Å². The molecule has 2 aromatic rings. The van der Waals surface area contributed by atoms with E-state index in [0.29, 0.717) is 13.2 Å². The van der Waals surface area contributed by atoms with Crippen LogP contribution >= 0.6 is 0 Å². The molecule has 5 nitrogen and oxygen atoms in total. The molecule has 2 rings (SSSR count). The predicted molar refractivity (Wildman–Crippen MR) is 110 cm³/mol. The number of aromatic hydroxyl groups is 1. The van der Waals surface area contributed by atoms with E-state index in [-0.39, 0.29) is 11.5 Å². The van der Waals surface area contributed by atoms with Gasteiger partial charge in [0, 0.05) is 18.0 Å². The van der Waals surface area contributed by atoms with Crippen molar-refractivity contribution in [3.8, 4) is 17.2 Å². The topological polar surface area (TPSA) is 60.7 Å². The zero-order valence-electron chi connectivity index (χ0n) is 16.9. The number of pyridine rings is 1. The van der Waals surface area contributed by atoms with E-state index in [1.165, 1.54) is 20.0 Å². The molecule has 1 aromatic heterocycles. The van der Waals surface area contributed by atoms with Gasteiger partial charge in [-0.1, -0.05) is 52.4 Å². The molecule has 0 saturated heterocycles. The number of ether oxygens (including phenoxy) is 2. The number of nitrogens with zero attached hydrogens (tertiary/aromatic N) is 1. The minimum atomic E-state index is -0.407. The third-order valence-electron chi connectivity index (χ3n) is 4.87. The summed E-state index contributed by atoms with van der Waals surface area (Å²) in [5.74, 6) is 0.650. The molecule has 0 radical (unpaired) electrons. The van der Waals surface area contributed by atoms with Crippen LogP contribution in [0.3, 0.4) is 0 Å².